The second-order valence-corrected chi connectivity index (χ2v) is 9.95. The number of aromatic nitrogens is 1. The number of allylic oxidation sites excluding steroid dienone is 2. The number of aliphatic hydroxyl groups excluding tert-OH is 1. The zero-order chi connectivity index (χ0) is 29.6. The van der Waals surface area contributed by atoms with Gasteiger partial charge in [-0.05, 0) is 55.0 Å². The molecule has 218 valence electrons. The van der Waals surface area contributed by atoms with Crippen molar-refractivity contribution in [2.75, 3.05) is 19.8 Å². The van der Waals surface area contributed by atoms with Crippen LogP contribution < -0.4 is 10.6 Å². The lowest BCUT2D eigenvalue weighted by Gasteiger charge is -2.23. The van der Waals surface area contributed by atoms with Crippen LogP contribution in [0.15, 0.2) is 80.0 Å². The zero-order valence-corrected chi connectivity index (χ0v) is 23.1. The number of H-pyrrole nitrogens is 1. The smallest absolute Gasteiger partial charge is 0.309 e. The number of para-hydroxylation sites is 1. The molecule has 0 bridgehead atoms. The fraction of sp³-hybridized carbons (Fsp3) is 0.344. The molecule has 0 aliphatic carbocycles. The van der Waals surface area contributed by atoms with Gasteiger partial charge in [-0.1, -0.05) is 42.5 Å². The molecule has 8 nitrogen and oxygen atoms in total. The molecule has 0 aliphatic heterocycles. The van der Waals surface area contributed by atoms with E-state index < -0.39 is 23.8 Å². The van der Waals surface area contributed by atoms with Gasteiger partial charge in [0.15, 0.2) is 0 Å². The summed E-state index contributed by atoms with van der Waals surface area (Å²) in [4.78, 5) is 41.9. The number of carbonyl (C=O) groups is 3. The van der Waals surface area contributed by atoms with Crippen molar-refractivity contribution in [1.29, 1.82) is 0 Å². The van der Waals surface area contributed by atoms with E-state index in [0.717, 1.165) is 22.0 Å². The number of hydrogen-bond acceptors (Lipinski definition) is 5. The number of rotatable bonds is 17. The number of benzene rings is 2. The van der Waals surface area contributed by atoms with Gasteiger partial charge in [-0.2, -0.15) is 0 Å². The molecule has 0 fully saturated rings. The molecule has 0 spiro atoms. The molecule has 0 saturated carbocycles. The van der Waals surface area contributed by atoms with Gasteiger partial charge >= 0.3 is 5.97 Å². The largest absolute Gasteiger partial charge is 0.463 e. The predicted octanol–water partition coefficient (Wildman–Crippen LogP) is 4.00. The molecule has 9 heteroatoms. The lowest BCUT2D eigenvalue weighted by molar-refractivity contribution is -0.149. The first-order valence-electron chi connectivity index (χ1n) is 13.7. The standard InChI is InChI=1S/C32H38FN3O5/c1-3-7-23(19-30(38)34-15-16-37)31(39)36-27(18-25-20-35-29-10-6-5-9-28(25)29)21-41-32(40)24(8-4-2)17-22-11-13-26(33)14-12-22/h3-6,9-14,20,23-24,27,35,37H,1-2,7-8,15-19,21H2,(H,34,38)(H,36,39)/t23-,24+,27-/m1/s1. The second-order valence-electron chi connectivity index (χ2n) is 9.95. The normalized spacial score (nSPS) is 13.1. The van der Waals surface area contributed by atoms with Crippen LogP contribution in [-0.2, 0) is 32.0 Å². The van der Waals surface area contributed by atoms with Gasteiger partial charge in [0, 0.05) is 30.1 Å². The highest BCUT2D eigenvalue weighted by Gasteiger charge is 2.26. The summed E-state index contributed by atoms with van der Waals surface area (Å²) in [5.74, 6) is -2.72. The summed E-state index contributed by atoms with van der Waals surface area (Å²) < 4.78 is 19.1. The van der Waals surface area contributed by atoms with Crippen LogP contribution in [0, 0.1) is 17.7 Å². The van der Waals surface area contributed by atoms with E-state index in [9.17, 15) is 18.8 Å². The third-order valence-corrected chi connectivity index (χ3v) is 6.78. The van der Waals surface area contributed by atoms with Crippen molar-refractivity contribution < 1.29 is 28.6 Å². The van der Waals surface area contributed by atoms with Gasteiger partial charge in [-0.3, -0.25) is 14.4 Å². The quantitative estimate of drug-likeness (QED) is 0.146. The maximum Gasteiger partial charge on any atom is 0.309 e. The molecule has 2 amide bonds. The van der Waals surface area contributed by atoms with E-state index in [-0.39, 0.29) is 50.2 Å². The summed E-state index contributed by atoms with van der Waals surface area (Å²) in [7, 11) is 0. The van der Waals surface area contributed by atoms with Gasteiger partial charge in [0.1, 0.15) is 12.4 Å². The van der Waals surface area contributed by atoms with Crippen molar-refractivity contribution in [2.45, 2.75) is 38.1 Å². The zero-order valence-electron chi connectivity index (χ0n) is 23.1. The van der Waals surface area contributed by atoms with Crippen LogP contribution in [0.2, 0.25) is 0 Å². The summed E-state index contributed by atoms with van der Waals surface area (Å²) in [5, 5.41) is 15.5. The number of aliphatic hydroxyl groups is 1. The van der Waals surface area contributed by atoms with E-state index in [2.05, 4.69) is 28.8 Å². The van der Waals surface area contributed by atoms with Gasteiger partial charge in [-0.25, -0.2) is 4.39 Å². The molecule has 1 heterocycles. The average Bonchev–Trinajstić information content (AvgIpc) is 3.37. The van der Waals surface area contributed by atoms with Crippen LogP contribution in [-0.4, -0.2) is 53.7 Å². The first-order valence-corrected chi connectivity index (χ1v) is 13.7. The number of amides is 2. The first-order chi connectivity index (χ1) is 19.8. The highest BCUT2D eigenvalue weighted by Crippen LogP contribution is 2.21. The van der Waals surface area contributed by atoms with Gasteiger partial charge in [-0.15, -0.1) is 13.2 Å². The Kier molecular flexibility index (Phi) is 12.3. The van der Waals surface area contributed by atoms with Crippen LogP contribution in [0.4, 0.5) is 4.39 Å². The molecule has 2 aromatic carbocycles. The summed E-state index contributed by atoms with van der Waals surface area (Å²) >= 11 is 0. The summed E-state index contributed by atoms with van der Waals surface area (Å²) in [6, 6.07) is 13.2. The SMILES string of the molecule is C=CC[C@H](CC(=O)NCCO)C(=O)N[C@@H](COC(=O)[C@@H](CC=C)Cc1ccc(F)cc1)Cc1c[nH]c2ccccc12. The molecule has 1 aromatic heterocycles. The van der Waals surface area contributed by atoms with E-state index >= 15 is 0 Å². The van der Waals surface area contributed by atoms with Crippen LogP contribution in [0.5, 0.6) is 0 Å². The number of carbonyl (C=O) groups excluding carboxylic acids is 3. The number of halogens is 1. The molecular weight excluding hydrogens is 525 g/mol. The first kappa shape index (κ1) is 31.3. The Labute approximate surface area is 239 Å². The van der Waals surface area contributed by atoms with Crippen molar-refractivity contribution in [3.63, 3.8) is 0 Å². The Morgan fingerprint density at radius 1 is 1.00 bits per heavy atom. The van der Waals surface area contributed by atoms with Crippen LogP contribution >= 0.6 is 0 Å². The average molecular weight is 564 g/mol. The molecule has 3 rings (SSSR count). The number of hydrogen-bond donors (Lipinski definition) is 4. The highest BCUT2D eigenvalue weighted by molar-refractivity contribution is 5.86. The molecular formula is C32H38FN3O5. The van der Waals surface area contributed by atoms with Crippen molar-refractivity contribution in [1.82, 2.24) is 15.6 Å². The minimum atomic E-state index is -0.681. The maximum absolute atomic E-state index is 13.3. The van der Waals surface area contributed by atoms with Gasteiger partial charge < -0.3 is 25.5 Å². The van der Waals surface area contributed by atoms with Gasteiger partial charge in [0.05, 0.1) is 24.5 Å². The molecule has 0 unspecified atom stereocenters. The lowest BCUT2D eigenvalue weighted by Crippen LogP contribution is -2.44. The van der Waals surface area contributed by atoms with Gasteiger partial charge in [0.25, 0.3) is 0 Å². The van der Waals surface area contributed by atoms with Crippen molar-refractivity contribution >= 4 is 28.7 Å². The Morgan fingerprint density at radius 3 is 2.41 bits per heavy atom. The van der Waals surface area contributed by atoms with E-state index in [0.29, 0.717) is 19.3 Å². The number of nitrogens with one attached hydrogen (secondary N) is 3. The molecule has 0 saturated heterocycles. The molecule has 3 atom stereocenters. The van der Waals surface area contributed by atoms with E-state index in [4.69, 9.17) is 9.84 Å². The van der Waals surface area contributed by atoms with E-state index in [1.54, 1.807) is 24.3 Å². The van der Waals surface area contributed by atoms with Crippen molar-refractivity contribution in [2.24, 2.45) is 11.8 Å². The molecule has 0 radical (unpaired) electrons. The second kappa shape index (κ2) is 16.1. The monoisotopic (exact) mass is 563 g/mol. The number of fused-ring (bicyclic) bond motifs is 1. The highest BCUT2D eigenvalue weighted by atomic mass is 19.1. The minimum absolute atomic E-state index is 0.0729. The van der Waals surface area contributed by atoms with Crippen LogP contribution in [0.25, 0.3) is 10.9 Å². The van der Waals surface area contributed by atoms with Crippen LogP contribution in [0.1, 0.15) is 30.4 Å². The molecule has 0 aliphatic rings. The van der Waals surface area contributed by atoms with Crippen molar-refractivity contribution in [3.8, 4) is 0 Å². The summed E-state index contributed by atoms with van der Waals surface area (Å²) in [5.41, 5.74) is 2.68. The Morgan fingerprint density at radius 2 is 1.71 bits per heavy atom. The van der Waals surface area contributed by atoms with E-state index in [1.165, 1.54) is 12.1 Å². The maximum atomic E-state index is 13.3. The Balaban J connectivity index is 1.75. The summed E-state index contributed by atoms with van der Waals surface area (Å²) in [6.07, 6.45) is 6.40. The Bertz CT molecular complexity index is 1320. The predicted molar refractivity (Wildman–Crippen MR) is 156 cm³/mol. The fourth-order valence-corrected chi connectivity index (χ4v) is 4.68. The number of esters is 1. The topological polar surface area (TPSA) is 121 Å². The Hall–Kier alpha value is -4.24. The molecule has 4 N–H and O–H groups in total. The third-order valence-electron chi connectivity index (χ3n) is 6.78. The lowest BCUT2D eigenvalue weighted by atomic mass is 9.96. The molecule has 3 aromatic rings. The number of ether oxygens (including phenoxy) is 1. The fourth-order valence-electron chi connectivity index (χ4n) is 4.68. The summed E-state index contributed by atoms with van der Waals surface area (Å²) in [6.45, 7) is 7.27. The van der Waals surface area contributed by atoms with Crippen LogP contribution in [0.3, 0.4) is 0 Å². The van der Waals surface area contributed by atoms with E-state index in [1.807, 2.05) is 30.5 Å². The number of aromatic amines is 1. The minimum Gasteiger partial charge on any atom is -0.463 e. The van der Waals surface area contributed by atoms with Crippen molar-refractivity contribution in [3.05, 3.63) is 97.0 Å². The molecule has 41 heavy (non-hydrogen) atoms. The van der Waals surface area contributed by atoms with Gasteiger partial charge in [0.2, 0.25) is 11.8 Å². The third kappa shape index (κ3) is 9.72.